The minimum Gasteiger partial charge on any atom is -0.448 e. The number of rotatable bonds is 7. The number of hydrogen-bond acceptors (Lipinski definition) is 6. The van der Waals surface area contributed by atoms with Crippen LogP contribution in [0.1, 0.15) is 33.8 Å². The van der Waals surface area contributed by atoms with Crippen molar-refractivity contribution >= 4 is 16.9 Å². The lowest BCUT2D eigenvalue weighted by molar-refractivity contribution is 0.0945. The largest absolute Gasteiger partial charge is 0.448 e. The summed E-state index contributed by atoms with van der Waals surface area (Å²) in [6.07, 6.45) is 3.78. The number of carbonyl (C=O) groups is 1. The molecule has 3 aromatic heterocycles. The van der Waals surface area contributed by atoms with Gasteiger partial charge in [0.05, 0.1) is 23.7 Å². The maximum atomic E-state index is 13.8. The molecule has 8 nitrogen and oxygen atoms in total. The van der Waals surface area contributed by atoms with E-state index in [0.29, 0.717) is 29.9 Å². The number of para-hydroxylation sites is 1. The molecule has 2 N–H and O–H groups in total. The molecule has 1 aliphatic heterocycles. The SMILES string of the molecule is O=C(NCc1ccccn1)c1coc(C2CN(CCc3nc4c(F)cccc4[nH]3)C2)n1. The van der Waals surface area contributed by atoms with Crippen LogP contribution >= 0.6 is 0 Å². The first-order chi connectivity index (χ1) is 15.2. The van der Waals surface area contributed by atoms with Crippen LogP contribution in [0.25, 0.3) is 11.0 Å². The van der Waals surface area contributed by atoms with Crippen molar-refractivity contribution in [2.45, 2.75) is 18.9 Å². The van der Waals surface area contributed by atoms with E-state index >= 15 is 0 Å². The molecule has 4 heterocycles. The number of halogens is 1. The molecule has 0 aliphatic carbocycles. The minimum absolute atomic E-state index is 0.158. The Morgan fingerprint density at radius 1 is 1.23 bits per heavy atom. The number of nitrogens with one attached hydrogen (secondary N) is 2. The maximum absolute atomic E-state index is 13.8. The number of nitrogens with zero attached hydrogens (tertiary/aromatic N) is 4. The summed E-state index contributed by atoms with van der Waals surface area (Å²) in [6, 6.07) is 10.4. The number of aromatic nitrogens is 4. The van der Waals surface area contributed by atoms with Gasteiger partial charge in [0.15, 0.2) is 17.4 Å². The third-order valence-electron chi connectivity index (χ3n) is 5.39. The number of aromatic amines is 1. The number of benzene rings is 1. The fourth-order valence-electron chi connectivity index (χ4n) is 3.68. The van der Waals surface area contributed by atoms with Crippen molar-refractivity contribution in [2.75, 3.05) is 19.6 Å². The Morgan fingerprint density at radius 3 is 2.94 bits per heavy atom. The summed E-state index contributed by atoms with van der Waals surface area (Å²) in [7, 11) is 0. The second kappa shape index (κ2) is 8.27. The van der Waals surface area contributed by atoms with Crippen molar-refractivity contribution in [3.63, 3.8) is 0 Å². The molecule has 0 spiro atoms. The molecule has 4 aromatic rings. The number of amides is 1. The summed E-state index contributed by atoms with van der Waals surface area (Å²) in [6.45, 7) is 2.73. The van der Waals surface area contributed by atoms with Gasteiger partial charge < -0.3 is 19.6 Å². The molecule has 1 amide bonds. The van der Waals surface area contributed by atoms with Gasteiger partial charge in [0.25, 0.3) is 5.91 Å². The van der Waals surface area contributed by atoms with Crippen molar-refractivity contribution in [3.8, 4) is 0 Å². The van der Waals surface area contributed by atoms with Gasteiger partial charge in [-0.15, -0.1) is 0 Å². The van der Waals surface area contributed by atoms with Gasteiger partial charge in [-0.25, -0.2) is 14.4 Å². The molecule has 0 bridgehead atoms. The van der Waals surface area contributed by atoms with Crippen LogP contribution in [-0.4, -0.2) is 50.4 Å². The number of carbonyl (C=O) groups excluding carboxylic acids is 1. The van der Waals surface area contributed by atoms with Crippen LogP contribution in [0.5, 0.6) is 0 Å². The zero-order valence-corrected chi connectivity index (χ0v) is 16.7. The van der Waals surface area contributed by atoms with E-state index in [-0.39, 0.29) is 23.3 Å². The molecular weight excluding hydrogens is 399 g/mol. The topological polar surface area (TPSA) is 99.9 Å². The van der Waals surface area contributed by atoms with E-state index in [1.165, 1.54) is 12.3 Å². The van der Waals surface area contributed by atoms with E-state index in [4.69, 9.17) is 4.42 Å². The van der Waals surface area contributed by atoms with Crippen molar-refractivity contribution in [1.29, 1.82) is 0 Å². The van der Waals surface area contributed by atoms with E-state index in [1.807, 2.05) is 24.3 Å². The number of pyridine rings is 1. The average molecular weight is 420 g/mol. The van der Waals surface area contributed by atoms with E-state index in [1.54, 1.807) is 12.3 Å². The van der Waals surface area contributed by atoms with Gasteiger partial charge in [-0.1, -0.05) is 12.1 Å². The number of likely N-dealkylation sites (tertiary alicyclic amines) is 1. The van der Waals surface area contributed by atoms with Crippen LogP contribution in [0.2, 0.25) is 0 Å². The second-order valence-electron chi connectivity index (χ2n) is 7.60. The van der Waals surface area contributed by atoms with Crippen LogP contribution in [-0.2, 0) is 13.0 Å². The third-order valence-corrected chi connectivity index (χ3v) is 5.39. The minimum atomic E-state index is -0.312. The highest BCUT2D eigenvalue weighted by molar-refractivity contribution is 5.91. The van der Waals surface area contributed by atoms with Crippen LogP contribution in [0.15, 0.2) is 53.3 Å². The number of hydrogen-bond donors (Lipinski definition) is 2. The van der Waals surface area contributed by atoms with Gasteiger partial charge in [-0.3, -0.25) is 9.78 Å². The van der Waals surface area contributed by atoms with E-state index in [0.717, 1.165) is 31.2 Å². The third kappa shape index (κ3) is 4.17. The number of oxazole rings is 1. The van der Waals surface area contributed by atoms with Crippen LogP contribution < -0.4 is 5.32 Å². The first-order valence-corrected chi connectivity index (χ1v) is 10.1. The average Bonchev–Trinajstić information content (AvgIpc) is 3.40. The summed E-state index contributed by atoms with van der Waals surface area (Å²) in [4.78, 5) is 30.6. The molecule has 1 fully saturated rings. The van der Waals surface area contributed by atoms with Gasteiger partial charge in [0, 0.05) is 32.3 Å². The molecule has 0 unspecified atom stereocenters. The highest BCUT2D eigenvalue weighted by Gasteiger charge is 2.32. The lowest BCUT2D eigenvalue weighted by atomic mass is 10.00. The van der Waals surface area contributed by atoms with E-state index < -0.39 is 0 Å². The molecule has 1 aliphatic rings. The molecule has 0 saturated carbocycles. The Morgan fingerprint density at radius 2 is 2.13 bits per heavy atom. The Bertz CT molecular complexity index is 1200. The Labute approximate surface area is 177 Å². The zero-order valence-electron chi connectivity index (χ0n) is 16.7. The van der Waals surface area contributed by atoms with Gasteiger partial charge >= 0.3 is 0 Å². The molecule has 9 heteroatoms. The molecule has 0 atom stereocenters. The monoisotopic (exact) mass is 420 g/mol. The van der Waals surface area contributed by atoms with Crippen molar-refractivity contribution in [2.24, 2.45) is 0 Å². The molecule has 1 aromatic carbocycles. The fourth-order valence-corrected chi connectivity index (χ4v) is 3.68. The lowest BCUT2D eigenvalue weighted by Crippen LogP contribution is -2.46. The quantitative estimate of drug-likeness (QED) is 0.477. The first-order valence-electron chi connectivity index (χ1n) is 10.1. The van der Waals surface area contributed by atoms with Crippen molar-refractivity contribution in [3.05, 3.63) is 77.8 Å². The molecule has 1 saturated heterocycles. The summed E-state index contributed by atoms with van der Waals surface area (Å²) in [5, 5.41) is 2.79. The summed E-state index contributed by atoms with van der Waals surface area (Å²) >= 11 is 0. The predicted molar refractivity (Wildman–Crippen MR) is 111 cm³/mol. The van der Waals surface area contributed by atoms with Crippen molar-refractivity contribution < 1.29 is 13.6 Å². The van der Waals surface area contributed by atoms with Gasteiger partial charge in [0.2, 0.25) is 0 Å². The Kier molecular flexibility index (Phi) is 5.17. The molecule has 0 radical (unpaired) electrons. The highest BCUT2D eigenvalue weighted by atomic mass is 19.1. The summed E-state index contributed by atoms with van der Waals surface area (Å²) in [5.74, 6) is 0.906. The van der Waals surface area contributed by atoms with Gasteiger partial charge in [-0.2, -0.15) is 0 Å². The van der Waals surface area contributed by atoms with E-state index in [2.05, 4.69) is 30.2 Å². The van der Waals surface area contributed by atoms with Crippen LogP contribution in [0.4, 0.5) is 4.39 Å². The Balaban J connectivity index is 1.10. The smallest absolute Gasteiger partial charge is 0.273 e. The number of H-pyrrole nitrogens is 1. The summed E-state index contributed by atoms with van der Waals surface area (Å²) in [5.41, 5.74) is 2.15. The summed E-state index contributed by atoms with van der Waals surface area (Å²) < 4.78 is 19.3. The number of imidazole rings is 1. The molecular formula is C22H21FN6O2. The predicted octanol–water partition coefficient (Wildman–Crippen LogP) is 2.66. The molecule has 5 rings (SSSR count). The van der Waals surface area contributed by atoms with E-state index in [9.17, 15) is 9.18 Å². The van der Waals surface area contributed by atoms with Gasteiger partial charge in [0.1, 0.15) is 17.6 Å². The highest BCUT2D eigenvalue weighted by Crippen LogP contribution is 2.26. The van der Waals surface area contributed by atoms with Crippen LogP contribution in [0, 0.1) is 5.82 Å². The molecule has 158 valence electrons. The lowest BCUT2D eigenvalue weighted by Gasteiger charge is -2.37. The molecule has 31 heavy (non-hydrogen) atoms. The van der Waals surface area contributed by atoms with Crippen molar-refractivity contribution in [1.82, 2.24) is 30.2 Å². The zero-order chi connectivity index (χ0) is 21.2. The normalized spacial score (nSPS) is 14.6. The first kappa shape index (κ1) is 19.4. The van der Waals surface area contributed by atoms with Gasteiger partial charge in [-0.05, 0) is 24.3 Å². The fraction of sp³-hybridized carbons (Fsp3) is 0.273. The maximum Gasteiger partial charge on any atom is 0.273 e. The van der Waals surface area contributed by atoms with Crippen LogP contribution in [0.3, 0.4) is 0 Å². The number of fused-ring (bicyclic) bond motifs is 1. The standard InChI is InChI=1S/C22H21FN6O2/c23-16-5-3-6-17-20(16)28-19(26-17)7-9-29-11-14(12-29)22-27-18(13-31-22)21(30)25-10-15-4-1-2-8-24-15/h1-6,8,13-14H,7,9-12H2,(H,25,30)(H,26,28). The Hall–Kier alpha value is -3.59. The second-order valence-corrected chi connectivity index (χ2v) is 7.60.